The molecule has 1 amide bonds. The molecule has 0 N–H and O–H groups in total. The van der Waals surface area contributed by atoms with Crippen molar-refractivity contribution in [1.82, 2.24) is 14.1 Å². The van der Waals surface area contributed by atoms with Crippen LogP contribution >= 0.6 is 0 Å². The van der Waals surface area contributed by atoms with Gasteiger partial charge in [0.15, 0.2) is 0 Å². The van der Waals surface area contributed by atoms with Gasteiger partial charge >= 0.3 is 0 Å². The molecule has 1 fully saturated rings. The van der Waals surface area contributed by atoms with Gasteiger partial charge in [0.05, 0.1) is 4.90 Å². The molecule has 0 saturated carbocycles. The second kappa shape index (κ2) is 7.66. The molecule has 2 heterocycles. The number of piperazine rings is 1. The van der Waals surface area contributed by atoms with Crippen molar-refractivity contribution in [2.45, 2.75) is 23.9 Å². The van der Waals surface area contributed by atoms with E-state index in [4.69, 9.17) is 0 Å². The molecule has 7 heteroatoms. The van der Waals surface area contributed by atoms with Gasteiger partial charge in [-0.3, -0.25) is 4.79 Å². The third-order valence-electron chi connectivity index (χ3n) is 5.66. The first kappa shape index (κ1) is 19.1. The Hall–Kier alpha value is -2.22. The van der Waals surface area contributed by atoms with Crippen molar-refractivity contribution in [3.05, 3.63) is 65.7 Å². The van der Waals surface area contributed by atoms with Gasteiger partial charge in [0.1, 0.15) is 6.04 Å². The largest absolute Gasteiger partial charge is 0.339 e. The maximum Gasteiger partial charge on any atom is 0.244 e. The number of sulfonamides is 1. The number of hydrogen-bond acceptors (Lipinski definition) is 4. The fourth-order valence-electron chi connectivity index (χ4n) is 3.93. The highest BCUT2D eigenvalue weighted by molar-refractivity contribution is 7.89. The fraction of sp³-hybridized carbons (Fsp3) is 0.381. The molecule has 28 heavy (non-hydrogen) atoms. The topological polar surface area (TPSA) is 60.9 Å². The van der Waals surface area contributed by atoms with Crippen LogP contribution in [0.4, 0.5) is 0 Å². The van der Waals surface area contributed by atoms with Crippen LogP contribution in [0.3, 0.4) is 0 Å². The summed E-state index contributed by atoms with van der Waals surface area (Å²) < 4.78 is 28.2. The summed E-state index contributed by atoms with van der Waals surface area (Å²) in [5.41, 5.74) is 2.01. The van der Waals surface area contributed by atoms with Gasteiger partial charge in [-0.25, -0.2) is 8.42 Å². The molecule has 148 valence electrons. The Morgan fingerprint density at radius 1 is 0.893 bits per heavy atom. The summed E-state index contributed by atoms with van der Waals surface area (Å²) in [5, 5.41) is 0. The minimum atomic E-state index is -3.77. The maximum absolute atomic E-state index is 13.4. The third kappa shape index (κ3) is 3.57. The second-order valence-electron chi connectivity index (χ2n) is 7.48. The first-order chi connectivity index (χ1) is 13.5. The van der Waals surface area contributed by atoms with E-state index in [0.29, 0.717) is 19.5 Å². The van der Waals surface area contributed by atoms with Crippen LogP contribution in [0.25, 0.3) is 0 Å². The standard InChI is InChI=1S/C21H25N3O3S/c1-22-11-13-23(14-12-22)21(25)20-15-17-7-5-6-8-18(17)16-24(20)28(26,27)19-9-3-2-4-10-19/h2-10,20H,11-16H2,1H3. The maximum atomic E-state index is 13.4. The molecule has 2 aliphatic rings. The Balaban J connectivity index is 1.70. The van der Waals surface area contributed by atoms with E-state index in [1.54, 1.807) is 30.3 Å². The van der Waals surface area contributed by atoms with Crippen LogP contribution in [-0.4, -0.2) is 67.7 Å². The fourth-order valence-corrected chi connectivity index (χ4v) is 5.51. The average Bonchev–Trinajstić information content (AvgIpc) is 2.73. The Bertz CT molecular complexity index is 954. The first-order valence-corrected chi connectivity index (χ1v) is 11.0. The average molecular weight is 400 g/mol. The van der Waals surface area contributed by atoms with Gasteiger partial charge in [0.25, 0.3) is 0 Å². The summed E-state index contributed by atoms with van der Waals surface area (Å²) in [4.78, 5) is 17.6. The van der Waals surface area contributed by atoms with E-state index in [1.807, 2.05) is 36.2 Å². The molecule has 0 aromatic heterocycles. The molecule has 0 bridgehead atoms. The van der Waals surface area contributed by atoms with Crippen molar-refractivity contribution in [1.29, 1.82) is 0 Å². The van der Waals surface area contributed by atoms with Gasteiger partial charge < -0.3 is 9.80 Å². The van der Waals surface area contributed by atoms with Gasteiger partial charge in [-0.05, 0) is 36.7 Å². The summed E-state index contributed by atoms with van der Waals surface area (Å²) in [6.45, 7) is 3.10. The molecule has 1 saturated heterocycles. The van der Waals surface area contributed by atoms with Crippen LogP contribution in [0.2, 0.25) is 0 Å². The van der Waals surface area contributed by atoms with Crippen molar-refractivity contribution in [2.24, 2.45) is 0 Å². The van der Waals surface area contributed by atoms with Crippen LogP contribution in [0, 0.1) is 0 Å². The molecule has 2 aliphatic heterocycles. The smallest absolute Gasteiger partial charge is 0.244 e. The Kier molecular flexibility index (Phi) is 5.23. The molecule has 1 atom stereocenters. The van der Waals surface area contributed by atoms with Crippen LogP contribution in [0.15, 0.2) is 59.5 Å². The highest BCUT2D eigenvalue weighted by Crippen LogP contribution is 2.30. The molecule has 0 radical (unpaired) electrons. The molecular formula is C21H25N3O3S. The van der Waals surface area contributed by atoms with Crippen LogP contribution in [0.5, 0.6) is 0 Å². The lowest BCUT2D eigenvalue weighted by Crippen LogP contribution is -2.57. The van der Waals surface area contributed by atoms with Gasteiger partial charge in [-0.2, -0.15) is 4.31 Å². The van der Waals surface area contributed by atoms with Gasteiger partial charge in [0, 0.05) is 32.7 Å². The third-order valence-corrected chi connectivity index (χ3v) is 7.52. The number of rotatable bonds is 3. The minimum absolute atomic E-state index is 0.0953. The van der Waals surface area contributed by atoms with Crippen molar-refractivity contribution in [3.63, 3.8) is 0 Å². The van der Waals surface area contributed by atoms with Crippen molar-refractivity contribution >= 4 is 15.9 Å². The molecule has 0 aliphatic carbocycles. The van der Waals surface area contributed by atoms with Crippen molar-refractivity contribution < 1.29 is 13.2 Å². The van der Waals surface area contributed by atoms with Crippen molar-refractivity contribution in [2.75, 3.05) is 33.2 Å². The number of hydrogen-bond donors (Lipinski definition) is 0. The second-order valence-corrected chi connectivity index (χ2v) is 9.37. The lowest BCUT2D eigenvalue weighted by molar-refractivity contribution is -0.137. The normalized spacial score (nSPS) is 21.3. The lowest BCUT2D eigenvalue weighted by Gasteiger charge is -2.40. The summed E-state index contributed by atoms with van der Waals surface area (Å²) in [7, 11) is -1.74. The zero-order valence-corrected chi connectivity index (χ0v) is 16.8. The molecule has 0 spiro atoms. The Morgan fingerprint density at radius 3 is 2.18 bits per heavy atom. The quantitative estimate of drug-likeness (QED) is 0.786. The van der Waals surface area contributed by atoms with Crippen molar-refractivity contribution in [3.8, 4) is 0 Å². The highest BCUT2D eigenvalue weighted by Gasteiger charge is 2.41. The van der Waals surface area contributed by atoms with E-state index < -0.39 is 16.1 Å². The van der Waals surface area contributed by atoms with E-state index in [9.17, 15) is 13.2 Å². The highest BCUT2D eigenvalue weighted by atomic mass is 32.2. The van der Waals surface area contributed by atoms with Gasteiger partial charge in [-0.15, -0.1) is 0 Å². The van der Waals surface area contributed by atoms with Crippen LogP contribution < -0.4 is 0 Å². The number of benzene rings is 2. The predicted molar refractivity (Wildman–Crippen MR) is 107 cm³/mol. The first-order valence-electron chi connectivity index (χ1n) is 9.58. The van der Waals surface area contributed by atoms with Crippen LogP contribution in [-0.2, 0) is 27.8 Å². The minimum Gasteiger partial charge on any atom is -0.339 e. The van der Waals surface area contributed by atoms with E-state index in [1.165, 1.54) is 4.31 Å². The lowest BCUT2D eigenvalue weighted by atomic mass is 9.95. The van der Waals surface area contributed by atoms with E-state index in [2.05, 4.69) is 4.90 Å². The van der Waals surface area contributed by atoms with E-state index in [0.717, 1.165) is 24.2 Å². The molecule has 2 aromatic rings. The van der Waals surface area contributed by atoms with E-state index >= 15 is 0 Å². The van der Waals surface area contributed by atoms with Gasteiger partial charge in [0.2, 0.25) is 15.9 Å². The number of carbonyl (C=O) groups excluding carboxylic acids is 1. The molecule has 6 nitrogen and oxygen atoms in total. The Morgan fingerprint density at radius 2 is 1.50 bits per heavy atom. The Labute approximate surface area is 166 Å². The monoisotopic (exact) mass is 399 g/mol. The SMILES string of the molecule is CN1CCN(C(=O)C2Cc3ccccc3CN2S(=O)(=O)c2ccccc2)CC1. The number of carbonyl (C=O) groups is 1. The molecular weight excluding hydrogens is 374 g/mol. The molecule has 1 unspecified atom stereocenters. The summed E-state index contributed by atoms with van der Waals surface area (Å²) >= 11 is 0. The number of amides is 1. The number of nitrogens with zero attached hydrogens (tertiary/aromatic N) is 3. The summed E-state index contributed by atoms with van der Waals surface area (Å²) in [5.74, 6) is -0.0953. The number of likely N-dealkylation sites (N-methyl/N-ethyl adjacent to an activating group) is 1. The summed E-state index contributed by atoms with van der Waals surface area (Å²) in [6.07, 6.45) is 0.410. The van der Waals surface area contributed by atoms with Gasteiger partial charge in [-0.1, -0.05) is 42.5 Å². The zero-order valence-electron chi connectivity index (χ0n) is 16.0. The summed E-state index contributed by atoms with van der Waals surface area (Å²) in [6, 6.07) is 15.5. The molecule has 2 aromatic carbocycles. The van der Waals surface area contributed by atoms with Crippen LogP contribution in [0.1, 0.15) is 11.1 Å². The predicted octanol–water partition coefficient (Wildman–Crippen LogP) is 1.58. The van der Waals surface area contributed by atoms with E-state index in [-0.39, 0.29) is 17.3 Å². The molecule has 4 rings (SSSR count). The zero-order chi connectivity index (χ0) is 19.7. The number of fused-ring (bicyclic) bond motifs is 1.